The van der Waals surface area contributed by atoms with Gasteiger partial charge in [0.25, 0.3) is 0 Å². The van der Waals surface area contributed by atoms with Crippen LogP contribution in [0.3, 0.4) is 0 Å². The van der Waals surface area contributed by atoms with Crippen LogP contribution in [0.5, 0.6) is 0 Å². The summed E-state index contributed by atoms with van der Waals surface area (Å²) >= 11 is 1.88. The van der Waals surface area contributed by atoms with Crippen LogP contribution in [0.25, 0.3) is 70.2 Å². The van der Waals surface area contributed by atoms with Crippen molar-refractivity contribution in [2.75, 3.05) is 0 Å². The maximum Gasteiger partial charge on any atom is 0.0977 e. The number of thiophene rings is 1. The number of fused-ring (bicyclic) bond motifs is 7. The summed E-state index contributed by atoms with van der Waals surface area (Å²) in [5.41, 5.74) is 10.4. The molecule has 0 spiro atoms. The standard InChI is InChI=1S/C33H20N2S/c1-2-12-28-22(9-1)23-15-16-25-31(33(23)36-28)32-26(11-5-17-34-32)35(25)27-18-21-8-3-6-19-13-14-20-7-4-10-24(27)30(20)29(19)21/h1-6,8-12,14-18H,7,13H2. The van der Waals surface area contributed by atoms with Crippen LogP contribution in [0.2, 0.25) is 0 Å². The second kappa shape index (κ2) is 6.71. The first-order chi connectivity index (χ1) is 17.9. The fraction of sp³-hybridized carbons (Fsp3) is 0.0606. The van der Waals surface area contributed by atoms with Gasteiger partial charge in [0.05, 0.1) is 22.2 Å². The van der Waals surface area contributed by atoms with Crippen LogP contribution in [0.15, 0.2) is 91.1 Å². The zero-order valence-corrected chi connectivity index (χ0v) is 20.3. The number of hydrogen-bond acceptors (Lipinski definition) is 2. The van der Waals surface area contributed by atoms with Gasteiger partial charge in [0.2, 0.25) is 0 Å². The molecule has 2 nitrogen and oxygen atoms in total. The van der Waals surface area contributed by atoms with E-state index in [0.717, 1.165) is 23.9 Å². The van der Waals surface area contributed by atoms with Crippen molar-refractivity contribution in [2.45, 2.75) is 12.8 Å². The lowest BCUT2D eigenvalue weighted by Crippen LogP contribution is -2.07. The van der Waals surface area contributed by atoms with E-state index in [-0.39, 0.29) is 0 Å². The molecule has 9 rings (SSSR count). The van der Waals surface area contributed by atoms with Gasteiger partial charge in [-0.05, 0) is 70.6 Å². The lowest BCUT2D eigenvalue weighted by molar-refractivity contribution is 1.15. The molecule has 2 aliphatic rings. The Morgan fingerprint density at radius 1 is 0.806 bits per heavy atom. The predicted octanol–water partition coefficient (Wildman–Crippen LogP) is 9.06. The predicted molar refractivity (Wildman–Crippen MR) is 154 cm³/mol. The van der Waals surface area contributed by atoms with E-state index in [1.54, 1.807) is 0 Å². The second-order valence-corrected chi connectivity index (χ2v) is 10.9. The summed E-state index contributed by atoms with van der Waals surface area (Å²) in [6.07, 6.45) is 11.1. The molecule has 7 aromatic rings. The summed E-state index contributed by atoms with van der Waals surface area (Å²) in [6.45, 7) is 0. The molecule has 0 radical (unpaired) electrons. The van der Waals surface area contributed by atoms with Crippen LogP contribution in [-0.2, 0) is 6.42 Å². The third-order valence-electron chi connectivity index (χ3n) is 8.05. The highest BCUT2D eigenvalue weighted by Gasteiger charge is 2.25. The fourth-order valence-electron chi connectivity index (χ4n) is 6.57. The van der Waals surface area contributed by atoms with Crippen molar-refractivity contribution < 1.29 is 0 Å². The van der Waals surface area contributed by atoms with Crippen LogP contribution in [0.4, 0.5) is 0 Å². The van der Waals surface area contributed by atoms with Crippen molar-refractivity contribution >= 4 is 75.9 Å². The molecule has 0 bridgehead atoms. The Hall–Kier alpha value is -4.21. The Bertz CT molecular complexity index is 2150. The average Bonchev–Trinajstić information content (AvgIpc) is 3.47. The van der Waals surface area contributed by atoms with Crippen molar-refractivity contribution in [1.82, 2.24) is 9.55 Å². The first-order valence-electron chi connectivity index (χ1n) is 12.5. The van der Waals surface area contributed by atoms with E-state index in [1.165, 1.54) is 69.8 Å². The fourth-order valence-corrected chi connectivity index (χ4v) is 7.81. The molecule has 0 fully saturated rings. The third kappa shape index (κ3) is 2.29. The number of allylic oxidation sites excluding steroid dienone is 3. The maximum absolute atomic E-state index is 4.95. The minimum Gasteiger partial charge on any atom is -0.307 e. The Morgan fingerprint density at radius 2 is 1.78 bits per heavy atom. The summed E-state index contributed by atoms with van der Waals surface area (Å²) in [5, 5.41) is 6.66. The van der Waals surface area contributed by atoms with E-state index < -0.39 is 0 Å². The number of rotatable bonds is 1. The molecular weight excluding hydrogens is 456 g/mol. The van der Waals surface area contributed by atoms with E-state index in [2.05, 4.69) is 95.6 Å². The Labute approximate surface area is 211 Å². The second-order valence-electron chi connectivity index (χ2n) is 9.88. The zero-order chi connectivity index (χ0) is 23.4. The molecule has 0 N–H and O–H groups in total. The van der Waals surface area contributed by atoms with Crippen molar-refractivity contribution in [3.8, 4) is 5.69 Å². The highest BCUT2D eigenvalue weighted by molar-refractivity contribution is 7.26. The normalized spacial score (nSPS) is 14.5. The number of benzene rings is 4. The average molecular weight is 477 g/mol. The summed E-state index contributed by atoms with van der Waals surface area (Å²) in [4.78, 5) is 4.95. The smallest absolute Gasteiger partial charge is 0.0977 e. The van der Waals surface area contributed by atoms with E-state index in [9.17, 15) is 0 Å². The van der Waals surface area contributed by atoms with Gasteiger partial charge in [-0.25, -0.2) is 0 Å². The van der Waals surface area contributed by atoms with E-state index >= 15 is 0 Å². The minimum absolute atomic E-state index is 1.01. The first kappa shape index (κ1) is 19.0. The summed E-state index contributed by atoms with van der Waals surface area (Å²) in [6, 6.07) is 26.8. The van der Waals surface area contributed by atoms with E-state index in [1.807, 2.05) is 17.5 Å². The van der Waals surface area contributed by atoms with E-state index in [0.29, 0.717) is 0 Å². The highest BCUT2D eigenvalue weighted by atomic mass is 32.1. The maximum atomic E-state index is 4.95. The molecule has 3 aromatic heterocycles. The van der Waals surface area contributed by atoms with E-state index in [4.69, 9.17) is 4.98 Å². The topological polar surface area (TPSA) is 17.8 Å². The van der Waals surface area contributed by atoms with Gasteiger partial charge < -0.3 is 4.57 Å². The van der Waals surface area contributed by atoms with Gasteiger partial charge in [-0.15, -0.1) is 11.3 Å². The largest absolute Gasteiger partial charge is 0.307 e. The molecule has 3 heterocycles. The number of aromatic nitrogens is 2. The van der Waals surface area contributed by atoms with Gasteiger partial charge in [0.15, 0.2) is 0 Å². The monoisotopic (exact) mass is 476 g/mol. The lowest BCUT2D eigenvalue weighted by atomic mass is 9.80. The quantitative estimate of drug-likeness (QED) is 0.231. The van der Waals surface area contributed by atoms with Crippen LogP contribution in [0, 0.1) is 0 Å². The molecule has 0 amide bonds. The van der Waals surface area contributed by atoms with Gasteiger partial charge in [0.1, 0.15) is 0 Å². The molecule has 0 saturated carbocycles. The summed E-state index contributed by atoms with van der Waals surface area (Å²) < 4.78 is 5.11. The van der Waals surface area contributed by atoms with Gasteiger partial charge >= 0.3 is 0 Å². The van der Waals surface area contributed by atoms with Crippen molar-refractivity contribution in [3.63, 3.8) is 0 Å². The van der Waals surface area contributed by atoms with Crippen molar-refractivity contribution in [1.29, 1.82) is 0 Å². The third-order valence-corrected chi connectivity index (χ3v) is 9.26. The lowest BCUT2D eigenvalue weighted by Gasteiger charge is -2.26. The summed E-state index contributed by atoms with van der Waals surface area (Å²) in [5.74, 6) is 0. The highest BCUT2D eigenvalue weighted by Crippen LogP contribution is 2.46. The molecule has 36 heavy (non-hydrogen) atoms. The van der Waals surface area contributed by atoms with Crippen LogP contribution < -0.4 is 0 Å². The molecule has 0 aliphatic heterocycles. The minimum atomic E-state index is 1.01. The van der Waals surface area contributed by atoms with Gasteiger partial charge in [-0.1, -0.05) is 60.7 Å². The Morgan fingerprint density at radius 3 is 2.78 bits per heavy atom. The number of pyridine rings is 1. The van der Waals surface area contributed by atoms with Gasteiger partial charge in [0, 0.05) is 37.3 Å². The van der Waals surface area contributed by atoms with Crippen LogP contribution in [0.1, 0.15) is 23.1 Å². The zero-order valence-electron chi connectivity index (χ0n) is 19.5. The van der Waals surface area contributed by atoms with Gasteiger partial charge in [-0.2, -0.15) is 0 Å². The number of nitrogens with zero attached hydrogens (tertiary/aromatic N) is 2. The Kier molecular flexibility index (Phi) is 3.55. The molecule has 0 unspecified atom stereocenters. The van der Waals surface area contributed by atoms with Crippen molar-refractivity contribution in [3.05, 3.63) is 108 Å². The molecule has 0 saturated heterocycles. The first-order valence-corrected chi connectivity index (χ1v) is 13.3. The molecule has 2 aliphatic carbocycles. The Balaban J connectivity index is 1.50. The molecular formula is C33H20N2S. The SMILES string of the molecule is C1=Cc2c(-n3c4cccnc4c4c5sc6ccccc6c5ccc43)cc3cccc4c3c2C(=CC4)C1. The van der Waals surface area contributed by atoms with Crippen molar-refractivity contribution in [2.24, 2.45) is 0 Å². The summed E-state index contributed by atoms with van der Waals surface area (Å²) in [7, 11) is 0. The van der Waals surface area contributed by atoms with Crippen LogP contribution >= 0.6 is 11.3 Å². The molecule has 3 heteroatoms. The molecule has 168 valence electrons. The van der Waals surface area contributed by atoms with Gasteiger partial charge in [-0.3, -0.25) is 4.98 Å². The number of hydrogen-bond donors (Lipinski definition) is 0. The molecule has 0 atom stereocenters. The molecule has 4 aromatic carbocycles. The van der Waals surface area contributed by atoms with Crippen LogP contribution in [-0.4, -0.2) is 9.55 Å².